The minimum atomic E-state index is -4.84. The Balaban J connectivity index is 2.07. The van der Waals surface area contributed by atoms with E-state index in [1.165, 1.54) is 30.4 Å². The topological polar surface area (TPSA) is 74.5 Å². The molecule has 1 aliphatic carbocycles. The molecule has 10 heteroatoms. The van der Waals surface area contributed by atoms with Crippen molar-refractivity contribution in [3.05, 3.63) is 18.2 Å². The van der Waals surface area contributed by atoms with Crippen molar-refractivity contribution < 1.29 is 18.3 Å². The minimum Gasteiger partial charge on any atom is -0.374 e. The number of hydrogen-bond donors (Lipinski definition) is 3. The summed E-state index contributed by atoms with van der Waals surface area (Å²) in [5.74, 6) is 0.0573. The first-order chi connectivity index (χ1) is 13.2. The van der Waals surface area contributed by atoms with E-state index in [0.29, 0.717) is 17.8 Å². The van der Waals surface area contributed by atoms with Crippen molar-refractivity contribution in [3.63, 3.8) is 0 Å². The van der Waals surface area contributed by atoms with Crippen molar-refractivity contribution in [3.8, 4) is 0 Å². The molecule has 1 aromatic rings. The van der Waals surface area contributed by atoms with Crippen LogP contribution in [0.5, 0.6) is 0 Å². The van der Waals surface area contributed by atoms with E-state index in [1.54, 1.807) is 0 Å². The van der Waals surface area contributed by atoms with Crippen LogP contribution in [0, 0.1) is 0 Å². The fourth-order valence-electron chi connectivity index (χ4n) is 3.48. The number of imidazole rings is 1. The summed E-state index contributed by atoms with van der Waals surface area (Å²) in [7, 11) is 1.43. The lowest BCUT2D eigenvalue weighted by Crippen LogP contribution is -2.47. The zero-order chi connectivity index (χ0) is 20.8. The van der Waals surface area contributed by atoms with E-state index in [0.717, 1.165) is 19.3 Å². The number of nitrogens with zero attached hydrogens (tertiary/aromatic N) is 3. The number of alkyl halides is 3. The summed E-state index contributed by atoms with van der Waals surface area (Å²) >= 11 is 1.85. The van der Waals surface area contributed by atoms with E-state index < -0.39 is 24.0 Å². The molecule has 1 fully saturated rings. The smallest absolute Gasteiger partial charge is 0.374 e. The average Bonchev–Trinajstić information content (AvgIpc) is 3.07. The molecule has 0 aliphatic heterocycles. The molecule has 3 N–H and O–H groups in total. The maximum absolute atomic E-state index is 13.6. The monoisotopic (exact) mass is 421 g/mol. The molecule has 0 radical (unpaired) electrons. The summed E-state index contributed by atoms with van der Waals surface area (Å²) in [5.41, 5.74) is -3.04. The van der Waals surface area contributed by atoms with Crippen LogP contribution < -0.4 is 10.6 Å². The second-order valence-electron chi connectivity index (χ2n) is 7.10. The summed E-state index contributed by atoms with van der Waals surface area (Å²) in [6.07, 6.45) is 3.61. The van der Waals surface area contributed by atoms with Gasteiger partial charge in [-0.2, -0.15) is 24.9 Å². The predicted molar refractivity (Wildman–Crippen MR) is 106 cm³/mol. The third-order valence-electron chi connectivity index (χ3n) is 5.05. The first kappa shape index (κ1) is 22.9. The standard InChI is InChI=1S/C18H30F3N5OS/c1-4-22-16(25-13-6-5-7-14(12-13)28-3)24-9-8-17(27,18(19,20)21)15-23-10-11-26(15)2/h10-11,13-14,27H,4-9,12H2,1-3H3,(H2,22,24,25). The molecule has 0 amide bonds. The molecule has 0 aromatic carbocycles. The van der Waals surface area contributed by atoms with Crippen LogP contribution >= 0.6 is 11.8 Å². The molecule has 1 heterocycles. The molecule has 0 spiro atoms. The molecule has 28 heavy (non-hydrogen) atoms. The molecule has 2 rings (SSSR count). The van der Waals surface area contributed by atoms with Crippen LogP contribution in [-0.2, 0) is 12.6 Å². The molecule has 0 bridgehead atoms. The number of aliphatic imine (C=N–C) groups is 1. The Morgan fingerprint density at radius 2 is 2.18 bits per heavy atom. The van der Waals surface area contributed by atoms with Crippen molar-refractivity contribution in [2.24, 2.45) is 12.0 Å². The molecule has 1 aliphatic rings. The number of aryl methyl sites for hydroxylation is 1. The lowest BCUT2D eigenvalue weighted by molar-refractivity contribution is -0.272. The van der Waals surface area contributed by atoms with Crippen LogP contribution in [0.25, 0.3) is 0 Å². The second-order valence-corrected chi connectivity index (χ2v) is 8.23. The van der Waals surface area contributed by atoms with Gasteiger partial charge in [0.05, 0.1) is 0 Å². The Morgan fingerprint density at radius 1 is 1.43 bits per heavy atom. The normalized spacial score (nSPS) is 23.3. The van der Waals surface area contributed by atoms with Gasteiger partial charge in [0, 0.05) is 50.2 Å². The molecule has 1 aromatic heterocycles. The molecular formula is C18H30F3N5OS. The van der Waals surface area contributed by atoms with Crippen molar-refractivity contribution in [2.45, 2.75) is 62.1 Å². The predicted octanol–water partition coefficient (Wildman–Crippen LogP) is 2.79. The highest BCUT2D eigenvalue weighted by Crippen LogP contribution is 2.40. The number of rotatable bonds is 7. The number of halogens is 3. The fourth-order valence-corrected chi connectivity index (χ4v) is 4.30. The van der Waals surface area contributed by atoms with Crippen molar-refractivity contribution >= 4 is 17.7 Å². The van der Waals surface area contributed by atoms with Gasteiger partial charge < -0.3 is 20.3 Å². The lowest BCUT2D eigenvalue weighted by atomic mass is 9.95. The quantitative estimate of drug-likeness (QED) is 0.466. The van der Waals surface area contributed by atoms with Gasteiger partial charge in [0.2, 0.25) is 5.60 Å². The largest absolute Gasteiger partial charge is 0.424 e. The van der Waals surface area contributed by atoms with Crippen molar-refractivity contribution in [2.75, 3.05) is 19.3 Å². The van der Waals surface area contributed by atoms with Gasteiger partial charge >= 0.3 is 6.18 Å². The third kappa shape index (κ3) is 5.56. The molecule has 3 unspecified atom stereocenters. The van der Waals surface area contributed by atoms with E-state index in [1.807, 2.05) is 18.7 Å². The molecule has 0 saturated heterocycles. The lowest BCUT2D eigenvalue weighted by Gasteiger charge is -2.30. The molecule has 160 valence electrons. The number of hydrogen-bond acceptors (Lipinski definition) is 4. The van der Waals surface area contributed by atoms with Crippen LogP contribution in [0.1, 0.15) is 44.9 Å². The van der Waals surface area contributed by atoms with E-state index in [-0.39, 0.29) is 12.6 Å². The number of aliphatic hydroxyl groups is 1. The highest BCUT2D eigenvalue weighted by Gasteiger charge is 2.57. The second kappa shape index (κ2) is 9.87. The number of nitrogens with one attached hydrogen (secondary N) is 2. The average molecular weight is 422 g/mol. The van der Waals surface area contributed by atoms with Gasteiger partial charge in [-0.15, -0.1) is 0 Å². The Labute approximate surface area is 168 Å². The van der Waals surface area contributed by atoms with E-state index in [2.05, 4.69) is 26.9 Å². The SMILES string of the molecule is CCNC(=NCCC(O)(c1nccn1C)C(F)(F)F)NC1CCCC(SC)C1. The first-order valence-electron chi connectivity index (χ1n) is 9.55. The highest BCUT2D eigenvalue weighted by atomic mass is 32.2. The van der Waals surface area contributed by atoms with Crippen LogP contribution in [0.4, 0.5) is 13.2 Å². The fraction of sp³-hybridized carbons (Fsp3) is 0.778. The third-order valence-corrected chi connectivity index (χ3v) is 6.14. The van der Waals surface area contributed by atoms with Crippen LogP contribution in [0.2, 0.25) is 0 Å². The van der Waals surface area contributed by atoms with Crippen LogP contribution in [0.15, 0.2) is 17.4 Å². The van der Waals surface area contributed by atoms with Gasteiger partial charge in [-0.3, -0.25) is 4.99 Å². The number of thioether (sulfide) groups is 1. The summed E-state index contributed by atoms with van der Waals surface area (Å²) in [5, 5.41) is 17.4. The van der Waals surface area contributed by atoms with Gasteiger partial charge in [-0.05, 0) is 32.4 Å². The van der Waals surface area contributed by atoms with Gasteiger partial charge in [-0.1, -0.05) is 6.42 Å². The van der Waals surface area contributed by atoms with Gasteiger partial charge in [-0.25, -0.2) is 4.98 Å². The van der Waals surface area contributed by atoms with E-state index in [4.69, 9.17) is 0 Å². The van der Waals surface area contributed by atoms with Crippen molar-refractivity contribution in [1.82, 2.24) is 20.2 Å². The Hall–Kier alpha value is -1.42. The zero-order valence-electron chi connectivity index (χ0n) is 16.6. The van der Waals surface area contributed by atoms with Gasteiger partial charge in [0.15, 0.2) is 5.96 Å². The van der Waals surface area contributed by atoms with Gasteiger partial charge in [0.25, 0.3) is 0 Å². The molecule has 3 atom stereocenters. The van der Waals surface area contributed by atoms with E-state index in [9.17, 15) is 18.3 Å². The molecule has 1 saturated carbocycles. The summed E-state index contributed by atoms with van der Waals surface area (Å²) in [6, 6.07) is 0.250. The summed E-state index contributed by atoms with van der Waals surface area (Å²) in [4.78, 5) is 8.00. The Bertz CT molecular complexity index is 651. The number of aromatic nitrogens is 2. The highest BCUT2D eigenvalue weighted by molar-refractivity contribution is 7.99. The number of guanidine groups is 1. The van der Waals surface area contributed by atoms with Crippen LogP contribution in [-0.4, -0.2) is 57.4 Å². The molecule has 6 nitrogen and oxygen atoms in total. The first-order valence-corrected chi connectivity index (χ1v) is 10.8. The van der Waals surface area contributed by atoms with Crippen LogP contribution in [0.3, 0.4) is 0 Å². The zero-order valence-corrected chi connectivity index (χ0v) is 17.4. The minimum absolute atomic E-state index is 0.184. The Kier molecular flexibility index (Phi) is 8.06. The maximum Gasteiger partial charge on any atom is 0.424 e. The Morgan fingerprint density at radius 3 is 2.75 bits per heavy atom. The maximum atomic E-state index is 13.6. The molecular weight excluding hydrogens is 391 g/mol. The summed E-state index contributed by atoms with van der Waals surface area (Å²) < 4.78 is 42.0. The van der Waals surface area contributed by atoms with Gasteiger partial charge in [0.1, 0.15) is 5.82 Å². The van der Waals surface area contributed by atoms with E-state index >= 15 is 0 Å². The van der Waals surface area contributed by atoms with Crippen molar-refractivity contribution in [1.29, 1.82) is 0 Å². The summed E-state index contributed by atoms with van der Waals surface area (Å²) in [6.45, 7) is 2.33.